The molecule has 0 radical (unpaired) electrons. The maximum Gasteiger partial charge on any atom is 0.348 e. The average molecular weight is 335 g/mol. The van der Waals surface area contributed by atoms with Crippen molar-refractivity contribution in [3.05, 3.63) is 16.3 Å². The number of aliphatic carboxylic acids is 1. The zero-order valence-corrected chi connectivity index (χ0v) is 13.3. The van der Waals surface area contributed by atoms with Gasteiger partial charge in [-0.15, -0.1) is 11.3 Å². The summed E-state index contributed by atoms with van der Waals surface area (Å²) in [6.07, 6.45) is 1.56. The fourth-order valence-electron chi connectivity index (χ4n) is 1.56. The van der Waals surface area contributed by atoms with Crippen LogP contribution in [0, 0.1) is 0 Å². The Labute approximate surface area is 127 Å². The Kier molecular flexibility index (Phi) is 6.31. The summed E-state index contributed by atoms with van der Waals surface area (Å²) in [6, 6.07) is -0.0196. The number of unbranched alkanes of at least 4 members (excludes halogenated alkanes) is 1. The highest BCUT2D eigenvalue weighted by atomic mass is 32.2. The Morgan fingerprint density at radius 1 is 1.48 bits per heavy atom. The first kappa shape index (κ1) is 17.6. The number of nitrogens with one attached hydrogen (secondary N) is 1. The Morgan fingerprint density at radius 2 is 2.14 bits per heavy atom. The summed E-state index contributed by atoms with van der Waals surface area (Å²) in [5, 5.41) is 10.3. The second kappa shape index (κ2) is 7.53. The molecule has 0 aliphatic rings. The third-order valence-electron chi connectivity index (χ3n) is 2.71. The second-order valence-corrected chi connectivity index (χ2v) is 6.92. The van der Waals surface area contributed by atoms with Crippen LogP contribution in [0.3, 0.4) is 0 Å². The maximum absolute atomic E-state index is 12.1. The van der Waals surface area contributed by atoms with Gasteiger partial charge >= 0.3 is 11.9 Å². The zero-order valence-electron chi connectivity index (χ0n) is 11.7. The van der Waals surface area contributed by atoms with Crippen LogP contribution in [0.4, 0.5) is 0 Å². The zero-order chi connectivity index (χ0) is 16.0. The number of rotatable bonds is 8. The van der Waals surface area contributed by atoms with Crippen LogP contribution in [-0.4, -0.2) is 38.6 Å². The molecule has 21 heavy (non-hydrogen) atoms. The number of carboxylic acid groups (broad SMARTS) is 1. The van der Waals surface area contributed by atoms with Gasteiger partial charge in [-0.3, -0.25) is 4.79 Å². The highest BCUT2D eigenvalue weighted by Gasteiger charge is 2.26. The normalized spacial score (nSPS) is 12.9. The van der Waals surface area contributed by atoms with Crippen LogP contribution in [0.1, 0.15) is 35.9 Å². The summed E-state index contributed by atoms with van der Waals surface area (Å²) in [5.74, 6) is -1.86. The quantitative estimate of drug-likeness (QED) is 0.696. The topological polar surface area (TPSA) is 110 Å². The summed E-state index contributed by atoms with van der Waals surface area (Å²) in [6.45, 7) is 1.88. The van der Waals surface area contributed by atoms with Crippen molar-refractivity contribution in [2.75, 3.05) is 7.11 Å². The van der Waals surface area contributed by atoms with E-state index in [1.165, 1.54) is 12.5 Å². The van der Waals surface area contributed by atoms with Crippen LogP contribution in [0.5, 0.6) is 0 Å². The first-order valence-corrected chi connectivity index (χ1v) is 8.60. The fourth-order valence-corrected chi connectivity index (χ4v) is 3.98. The third kappa shape index (κ3) is 4.80. The number of carbonyl (C=O) groups is 2. The molecular weight excluding hydrogens is 318 g/mol. The van der Waals surface area contributed by atoms with Crippen molar-refractivity contribution in [2.24, 2.45) is 0 Å². The lowest BCUT2D eigenvalue weighted by molar-refractivity contribution is -0.139. The molecule has 118 valence electrons. The SMILES string of the molecule is CCCCC(NS(=O)(=O)c1csc(C(=O)OC)c1)C(=O)O. The summed E-state index contributed by atoms with van der Waals surface area (Å²) in [4.78, 5) is 22.4. The molecule has 1 unspecified atom stereocenters. The molecule has 0 amide bonds. The lowest BCUT2D eigenvalue weighted by atomic mass is 10.1. The van der Waals surface area contributed by atoms with Gasteiger partial charge in [-0.2, -0.15) is 4.72 Å². The molecule has 0 spiro atoms. The first-order valence-electron chi connectivity index (χ1n) is 6.23. The molecule has 0 aliphatic carbocycles. The van der Waals surface area contributed by atoms with E-state index >= 15 is 0 Å². The molecular formula is C12H17NO6S2. The standard InChI is InChI=1S/C12H17NO6S2/c1-3-4-5-9(11(14)15)13-21(17,18)8-6-10(20-7-8)12(16)19-2/h6-7,9,13H,3-5H2,1-2H3,(H,14,15). The number of hydrogen-bond donors (Lipinski definition) is 2. The number of sulfonamides is 1. The molecule has 1 heterocycles. The molecule has 1 aromatic rings. The van der Waals surface area contributed by atoms with Crippen LogP contribution in [0.2, 0.25) is 0 Å². The lowest BCUT2D eigenvalue weighted by Crippen LogP contribution is -2.40. The number of ether oxygens (including phenoxy) is 1. The summed E-state index contributed by atoms with van der Waals surface area (Å²) in [5.41, 5.74) is 0. The molecule has 0 saturated heterocycles. The van der Waals surface area contributed by atoms with Crippen LogP contribution >= 0.6 is 11.3 Å². The molecule has 0 fully saturated rings. The van der Waals surface area contributed by atoms with Crippen molar-refractivity contribution in [2.45, 2.75) is 37.1 Å². The minimum Gasteiger partial charge on any atom is -0.480 e. The van der Waals surface area contributed by atoms with Gasteiger partial charge in [0, 0.05) is 5.38 Å². The van der Waals surface area contributed by atoms with Crippen LogP contribution in [0.15, 0.2) is 16.3 Å². The molecule has 1 atom stereocenters. The van der Waals surface area contributed by atoms with E-state index in [1.807, 2.05) is 6.92 Å². The molecule has 0 saturated carbocycles. The highest BCUT2D eigenvalue weighted by Crippen LogP contribution is 2.20. The summed E-state index contributed by atoms with van der Waals surface area (Å²) < 4.78 is 30.9. The minimum absolute atomic E-state index is 0.137. The van der Waals surface area contributed by atoms with Gasteiger partial charge in [-0.25, -0.2) is 13.2 Å². The van der Waals surface area contributed by atoms with Crippen molar-refractivity contribution in [1.29, 1.82) is 0 Å². The van der Waals surface area contributed by atoms with Crippen LogP contribution < -0.4 is 4.72 Å². The summed E-state index contributed by atoms with van der Waals surface area (Å²) in [7, 11) is -2.79. The van der Waals surface area contributed by atoms with Crippen molar-refractivity contribution in [3.8, 4) is 0 Å². The Morgan fingerprint density at radius 3 is 2.67 bits per heavy atom. The molecule has 0 aliphatic heterocycles. The lowest BCUT2D eigenvalue weighted by Gasteiger charge is -2.13. The molecule has 7 nitrogen and oxygen atoms in total. The van der Waals surface area contributed by atoms with Gasteiger partial charge in [0.15, 0.2) is 0 Å². The van der Waals surface area contributed by atoms with Gasteiger partial charge in [-0.05, 0) is 12.5 Å². The second-order valence-electron chi connectivity index (χ2n) is 4.29. The maximum atomic E-state index is 12.1. The van der Waals surface area contributed by atoms with Crippen molar-refractivity contribution in [3.63, 3.8) is 0 Å². The van der Waals surface area contributed by atoms with E-state index in [1.54, 1.807) is 0 Å². The van der Waals surface area contributed by atoms with E-state index in [2.05, 4.69) is 9.46 Å². The first-order chi connectivity index (χ1) is 9.81. The average Bonchev–Trinajstić information content (AvgIpc) is 2.92. The van der Waals surface area contributed by atoms with E-state index in [0.29, 0.717) is 6.42 Å². The molecule has 1 aromatic heterocycles. The minimum atomic E-state index is -3.98. The van der Waals surface area contributed by atoms with Crippen LogP contribution in [0.25, 0.3) is 0 Å². The highest BCUT2D eigenvalue weighted by molar-refractivity contribution is 7.89. The smallest absolute Gasteiger partial charge is 0.348 e. The van der Waals surface area contributed by atoms with E-state index < -0.39 is 28.0 Å². The van der Waals surface area contributed by atoms with E-state index in [9.17, 15) is 18.0 Å². The van der Waals surface area contributed by atoms with E-state index in [0.717, 1.165) is 23.8 Å². The van der Waals surface area contributed by atoms with E-state index in [-0.39, 0.29) is 16.2 Å². The van der Waals surface area contributed by atoms with Crippen molar-refractivity contribution < 1.29 is 27.9 Å². The van der Waals surface area contributed by atoms with Gasteiger partial charge < -0.3 is 9.84 Å². The van der Waals surface area contributed by atoms with E-state index in [4.69, 9.17) is 5.11 Å². The Balaban J connectivity index is 2.91. The number of methoxy groups -OCH3 is 1. The molecule has 2 N–H and O–H groups in total. The fraction of sp³-hybridized carbons (Fsp3) is 0.500. The largest absolute Gasteiger partial charge is 0.480 e. The third-order valence-corrected chi connectivity index (χ3v) is 5.22. The monoisotopic (exact) mass is 335 g/mol. The van der Waals surface area contributed by atoms with Gasteiger partial charge in [0.25, 0.3) is 0 Å². The van der Waals surface area contributed by atoms with Crippen molar-refractivity contribution in [1.82, 2.24) is 4.72 Å². The molecule has 0 bridgehead atoms. The number of carbonyl (C=O) groups excluding carboxylic acids is 1. The predicted octanol–water partition coefficient (Wildman–Crippen LogP) is 1.46. The van der Waals surface area contributed by atoms with Gasteiger partial charge in [0.2, 0.25) is 10.0 Å². The Hall–Kier alpha value is -1.45. The van der Waals surface area contributed by atoms with Crippen molar-refractivity contribution >= 4 is 33.3 Å². The molecule has 1 rings (SSSR count). The molecule has 0 aromatic carbocycles. The van der Waals surface area contributed by atoms with Gasteiger partial charge in [0.1, 0.15) is 10.9 Å². The van der Waals surface area contributed by atoms with Gasteiger partial charge in [0.05, 0.1) is 12.0 Å². The Bertz CT molecular complexity index is 607. The number of hydrogen-bond acceptors (Lipinski definition) is 6. The number of carboxylic acids is 1. The van der Waals surface area contributed by atoms with Gasteiger partial charge in [-0.1, -0.05) is 19.8 Å². The van der Waals surface area contributed by atoms with Crippen LogP contribution in [-0.2, 0) is 19.6 Å². The number of thiophene rings is 1. The predicted molar refractivity (Wildman–Crippen MR) is 76.9 cm³/mol. The number of esters is 1. The summed E-state index contributed by atoms with van der Waals surface area (Å²) >= 11 is 0.921. The molecule has 9 heteroatoms.